The van der Waals surface area contributed by atoms with Crippen molar-refractivity contribution in [2.24, 2.45) is 12.0 Å². The SMILES string of the molecule is CN=C(NCC(c1cnn(C)c1)N(C)C)NC1CCN(C2CCCC2)C1.I. The molecule has 154 valence electrons. The van der Waals surface area contributed by atoms with Crippen LogP contribution in [-0.2, 0) is 7.05 Å². The van der Waals surface area contributed by atoms with Gasteiger partial charge in [-0.1, -0.05) is 12.8 Å². The molecule has 3 rings (SSSR count). The van der Waals surface area contributed by atoms with Crippen LogP contribution in [0.4, 0.5) is 0 Å². The Bertz CT molecular complexity index is 595. The summed E-state index contributed by atoms with van der Waals surface area (Å²) in [4.78, 5) is 9.33. The molecule has 1 aliphatic heterocycles. The van der Waals surface area contributed by atoms with Gasteiger partial charge < -0.3 is 15.5 Å². The number of hydrogen-bond acceptors (Lipinski definition) is 4. The van der Waals surface area contributed by atoms with Crippen molar-refractivity contribution in [2.75, 3.05) is 40.8 Å². The summed E-state index contributed by atoms with van der Waals surface area (Å²) in [5.41, 5.74) is 1.22. The van der Waals surface area contributed by atoms with Gasteiger partial charge in [-0.25, -0.2) is 0 Å². The van der Waals surface area contributed by atoms with Gasteiger partial charge >= 0.3 is 0 Å². The van der Waals surface area contributed by atoms with E-state index in [9.17, 15) is 0 Å². The molecule has 1 saturated heterocycles. The lowest BCUT2D eigenvalue weighted by Gasteiger charge is -2.26. The van der Waals surface area contributed by atoms with E-state index >= 15 is 0 Å². The van der Waals surface area contributed by atoms with Gasteiger partial charge in [-0.3, -0.25) is 14.6 Å². The van der Waals surface area contributed by atoms with E-state index in [0.29, 0.717) is 6.04 Å². The molecule has 1 saturated carbocycles. The third-order valence-corrected chi connectivity index (χ3v) is 5.82. The highest BCUT2D eigenvalue weighted by Crippen LogP contribution is 2.26. The van der Waals surface area contributed by atoms with Gasteiger partial charge in [0.2, 0.25) is 0 Å². The molecule has 7 nitrogen and oxygen atoms in total. The van der Waals surface area contributed by atoms with Crippen LogP contribution in [0.5, 0.6) is 0 Å². The normalized spacial score (nSPS) is 22.9. The van der Waals surface area contributed by atoms with Crippen LogP contribution in [0.2, 0.25) is 0 Å². The Morgan fingerprint density at radius 3 is 2.67 bits per heavy atom. The molecule has 2 N–H and O–H groups in total. The average Bonchev–Trinajstić information content (AvgIpc) is 3.35. The quantitative estimate of drug-likeness (QED) is 0.363. The van der Waals surface area contributed by atoms with Crippen molar-refractivity contribution in [3.63, 3.8) is 0 Å². The number of guanidine groups is 1. The zero-order chi connectivity index (χ0) is 18.5. The Morgan fingerprint density at radius 2 is 2.07 bits per heavy atom. The van der Waals surface area contributed by atoms with Gasteiger partial charge in [0.25, 0.3) is 0 Å². The number of halogens is 1. The minimum atomic E-state index is 0. The summed E-state index contributed by atoms with van der Waals surface area (Å²) < 4.78 is 1.86. The fraction of sp³-hybridized carbons (Fsp3) is 0.789. The molecule has 0 amide bonds. The fourth-order valence-electron chi connectivity index (χ4n) is 4.30. The Morgan fingerprint density at radius 1 is 1.33 bits per heavy atom. The van der Waals surface area contributed by atoms with Crippen LogP contribution in [-0.4, -0.2) is 78.4 Å². The third-order valence-electron chi connectivity index (χ3n) is 5.82. The molecule has 2 unspecified atom stereocenters. The van der Waals surface area contributed by atoms with Gasteiger partial charge in [0.05, 0.1) is 12.2 Å². The molecule has 8 heteroatoms. The van der Waals surface area contributed by atoms with Crippen LogP contribution in [0.3, 0.4) is 0 Å². The number of aryl methyl sites for hydroxylation is 1. The zero-order valence-corrected chi connectivity index (χ0v) is 19.5. The zero-order valence-electron chi connectivity index (χ0n) is 17.2. The van der Waals surface area contributed by atoms with E-state index in [1.165, 1.54) is 44.2 Å². The van der Waals surface area contributed by atoms with Crippen molar-refractivity contribution in [3.8, 4) is 0 Å². The average molecular weight is 489 g/mol. The highest BCUT2D eigenvalue weighted by molar-refractivity contribution is 14.0. The third kappa shape index (κ3) is 6.05. The molecule has 1 aromatic heterocycles. The van der Waals surface area contributed by atoms with Gasteiger partial charge in [0.15, 0.2) is 5.96 Å². The minimum Gasteiger partial charge on any atom is -0.354 e. The number of nitrogens with one attached hydrogen (secondary N) is 2. The Kier molecular flexibility index (Phi) is 8.81. The second kappa shape index (κ2) is 10.6. The number of likely N-dealkylation sites (tertiary alicyclic amines) is 1. The van der Waals surface area contributed by atoms with Crippen molar-refractivity contribution >= 4 is 29.9 Å². The predicted molar refractivity (Wildman–Crippen MR) is 122 cm³/mol. The summed E-state index contributed by atoms with van der Waals surface area (Å²) in [6.07, 6.45) is 10.8. The van der Waals surface area contributed by atoms with E-state index in [0.717, 1.165) is 25.1 Å². The molecule has 0 radical (unpaired) electrons. The fourth-order valence-corrected chi connectivity index (χ4v) is 4.30. The Hall–Kier alpha value is -0.870. The summed E-state index contributed by atoms with van der Waals surface area (Å²) in [6, 6.07) is 1.58. The molecule has 2 atom stereocenters. The number of aromatic nitrogens is 2. The first-order valence-corrected chi connectivity index (χ1v) is 9.93. The van der Waals surface area contributed by atoms with Crippen molar-refractivity contribution in [2.45, 2.75) is 50.2 Å². The maximum absolute atomic E-state index is 4.44. The van der Waals surface area contributed by atoms with E-state index in [-0.39, 0.29) is 30.0 Å². The first-order valence-electron chi connectivity index (χ1n) is 9.93. The monoisotopic (exact) mass is 489 g/mol. The first kappa shape index (κ1) is 22.4. The van der Waals surface area contributed by atoms with Crippen molar-refractivity contribution in [1.82, 2.24) is 30.2 Å². The van der Waals surface area contributed by atoms with Gasteiger partial charge in [-0.2, -0.15) is 5.10 Å². The van der Waals surface area contributed by atoms with Crippen molar-refractivity contribution in [3.05, 3.63) is 18.0 Å². The first-order chi connectivity index (χ1) is 12.6. The maximum Gasteiger partial charge on any atom is 0.191 e. The van der Waals surface area contributed by atoms with E-state index in [4.69, 9.17) is 0 Å². The van der Waals surface area contributed by atoms with Crippen LogP contribution in [0.15, 0.2) is 17.4 Å². The lowest BCUT2D eigenvalue weighted by molar-refractivity contribution is 0.242. The van der Waals surface area contributed by atoms with E-state index in [1.54, 1.807) is 0 Å². The molecule has 1 aliphatic carbocycles. The molecule has 0 aromatic carbocycles. The Balaban J connectivity index is 0.00000261. The second-order valence-electron chi connectivity index (χ2n) is 7.94. The number of hydrogen-bond donors (Lipinski definition) is 2. The van der Waals surface area contributed by atoms with Gasteiger partial charge in [0.1, 0.15) is 0 Å². The summed E-state index contributed by atoms with van der Waals surface area (Å²) in [5, 5.41) is 11.4. The predicted octanol–water partition coefficient (Wildman–Crippen LogP) is 1.82. The van der Waals surface area contributed by atoms with Crippen LogP contribution >= 0.6 is 24.0 Å². The standard InChI is InChI=1S/C19H35N7.HI/c1-20-19(21-12-18(24(2)3)15-11-22-25(4)13-15)23-16-9-10-26(14-16)17-7-5-6-8-17;/h11,13,16-18H,5-10,12,14H2,1-4H3,(H2,20,21,23);1H. The summed E-state index contributed by atoms with van der Waals surface area (Å²) in [5.74, 6) is 0.902. The minimum absolute atomic E-state index is 0. The maximum atomic E-state index is 4.44. The number of rotatable bonds is 6. The molecular weight excluding hydrogens is 453 g/mol. The molecule has 2 fully saturated rings. The molecule has 0 spiro atoms. The Labute approximate surface area is 181 Å². The van der Waals surface area contributed by atoms with E-state index in [2.05, 4.69) is 50.8 Å². The molecular formula is C19H36IN7. The largest absolute Gasteiger partial charge is 0.354 e. The number of likely N-dealkylation sites (N-methyl/N-ethyl adjacent to an activating group) is 1. The van der Waals surface area contributed by atoms with Gasteiger partial charge in [-0.15, -0.1) is 24.0 Å². The van der Waals surface area contributed by atoms with Gasteiger partial charge in [0, 0.05) is 57.6 Å². The number of aliphatic imine (C=N–C) groups is 1. The summed E-state index contributed by atoms with van der Waals surface area (Å²) in [7, 11) is 8.02. The molecule has 27 heavy (non-hydrogen) atoms. The van der Waals surface area contributed by atoms with Crippen LogP contribution in [0.1, 0.15) is 43.7 Å². The van der Waals surface area contributed by atoms with Crippen molar-refractivity contribution in [1.29, 1.82) is 0 Å². The van der Waals surface area contributed by atoms with Crippen LogP contribution < -0.4 is 10.6 Å². The lowest BCUT2D eigenvalue weighted by atomic mass is 10.1. The van der Waals surface area contributed by atoms with Crippen LogP contribution in [0, 0.1) is 0 Å². The highest BCUT2D eigenvalue weighted by Gasteiger charge is 2.30. The van der Waals surface area contributed by atoms with Crippen LogP contribution in [0.25, 0.3) is 0 Å². The summed E-state index contributed by atoms with van der Waals surface area (Å²) in [6.45, 7) is 3.16. The second-order valence-corrected chi connectivity index (χ2v) is 7.94. The van der Waals surface area contributed by atoms with Crippen molar-refractivity contribution < 1.29 is 0 Å². The number of nitrogens with zero attached hydrogens (tertiary/aromatic N) is 5. The topological polar surface area (TPSA) is 60.7 Å². The lowest BCUT2D eigenvalue weighted by Crippen LogP contribution is -2.47. The smallest absolute Gasteiger partial charge is 0.191 e. The van der Waals surface area contributed by atoms with Gasteiger partial charge in [-0.05, 0) is 33.4 Å². The summed E-state index contributed by atoms with van der Waals surface area (Å²) >= 11 is 0. The van der Waals surface area contributed by atoms with E-state index in [1.807, 2.05) is 25.0 Å². The molecule has 2 aliphatic rings. The van der Waals surface area contributed by atoms with E-state index < -0.39 is 0 Å². The highest BCUT2D eigenvalue weighted by atomic mass is 127. The molecule has 2 heterocycles. The molecule has 1 aromatic rings. The molecule has 0 bridgehead atoms.